The van der Waals surface area contributed by atoms with Gasteiger partial charge >= 0.3 is 36.9 Å². The highest BCUT2D eigenvalue weighted by Gasteiger charge is 2.54. The van der Waals surface area contributed by atoms with Crippen LogP contribution in [0.1, 0.15) is 32.0 Å². The molecule has 3 fully saturated rings. The van der Waals surface area contributed by atoms with Gasteiger partial charge in [0.05, 0.1) is 52.2 Å². The topological polar surface area (TPSA) is 551 Å². The summed E-state index contributed by atoms with van der Waals surface area (Å²) in [7, 11) is -20.8. The van der Waals surface area contributed by atoms with Gasteiger partial charge in [-0.05, 0) is 6.42 Å². The number of aliphatic hydroxyl groups is 3. The number of aliphatic hydroxyl groups excluding tert-OH is 3. The standard InChI is InChI=1S/C36H51N15O24P4/c1-4-5-66-6-14-15(70-32(21(14)52)51-13-48(2)20-29(51)45-36(39)47-31(20)56)7-68-77(59,60)74-79(63,64)75-78(61,62)69-9-17-24(25(65-3)34(72-17)49-11-42-18-26(37)40-10-41-27(18)49)73-76(57,58)67-8-16-22(53)23(54)33(71-16)50-12-43-19-28(50)44-35(38)46-30(19)55/h10-17,21-25,32-34,52-54H,4-9H2,1-3H3,(H11-,37,38,39,40,41,44,45,46,47,55,56,57,58,59,60,61,62,63,64)/p+1/t14-,15-,16-,17?,21-,22-,23-,24-,25-,32-,33-,34-/m1/s1. The van der Waals surface area contributed by atoms with Crippen molar-refractivity contribution in [1.29, 1.82) is 0 Å². The number of phosphoric ester groups is 3. The van der Waals surface area contributed by atoms with Crippen molar-refractivity contribution in [3.63, 3.8) is 0 Å². The van der Waals surface area contributed by atoms with Crippen molar-refractivity contribution in [3.05, 3.63) is 46.0 Å². The van der Waals surface area contributed by atoms with E-state index in [1.807, 2.05) is 0 Å². The van der Waals surface area contributed by atoms with E-state index in [1.165, 1.54) is 27.1 Å². The van der Waals surface area contributed by atoms with Gasteiger partial charge in [0, 0.05) is 19.6 Å². The highest BCUT2D eigenvalue weighted by atomic mass is 31.3. The van der Waals surface area contributed by atoms with E-state index in [-0.39, 0.29) is 64.4 Å². The summed E-state index contributed by atoms with van der Waals surface area (Å²) in [5.41, 5.74) is 15.8. The van der Waals surface area contributed by atoms with Crippen molar-refractivity contribution in [2.45, 2.75) is 80.9 Å². The summed E-state index contributed by atoms with van der Waals surface area (Å²) < 4.78 is 116. The first kappa shape index (κ1) is 58.5. The van der Waals surface area contributed by atoms with Crippen molar-refractivity contribution in [2.75, 3.05) is 57.3 Å². The number of aromatic nitrogens is 12. The van der Waals surface area contributed by atoms with Gasteiger partial charge in [-0.15, -0.1) is 0 Å². The molecule has 0 bridgehead atoms. The molecule has 3 aliphatic heterocycles. The Bertz CT molecular complexity index is 3550. The van der Waals surface area contributed by atoms with Gasteiger partial charge in [-0.3, -0.25) is 51.4 Å². The second kappa shape index (κ2) is 22.7. The Labute approximate surface area is 440 Å². The van der Waals surface area contributed by atoms with Crippen molar-refractivity contribution < 1.29 is 108 Å². The van der Waals surface area contributed by atoms with Crippen LogP contribution in [0.5, 0.6) is 0 Å². The third-order valence-corrected chi connectivity index (χ3v) is 17.6. The largest absolute Gasteiger partial charge is 0.490 e. The van der Waals surface area contributed by atoms with Gasteiger partial charge in [0.25, 0.3) is 17.1 Å². The molecule has 3 saturated heterocycles. The summed E-state index contributed by atoms with van der Waals surface area (Å²) in [5, 5.41) is 33.2. The molecule has 9 heterocycles. The fourth-order valence-electron chi connectivity index (χ4n) is 8.95. The Morgan fingerprint density at radius 2 is 1.30 bits per heavy atom. The maximum absolute atomic E-state index is 13.7. The van der Waals surface area contributed by atoms with Crippen LogP contribution in [0, 0.1) is 5.92 Å². The van der Waals surface area contributed by atoms with Crippen LogP contribution in [0.15, 0.2) is 34.9 Å². The molecule has 16 atom stereocenters. The van der Waals surface area contributed by atoms with E-state index in [0.717, 1.165) is 30.7 Å². The number of ether oxygens (including phenoxy) is 5. The molecular formula is C36H52N15O24P4+. The predicted octanol–water partition coefficient (Wildman–Crippen LogP) is -3.03. The van der Waals surface area contributed by atoms with Gasteiger partial charge in [0.15, 0.2) is 41.4 Å². The van der Waals surface area contributed by atoms with Crippen LogP contribution < -0.4 is 32.9 Å². The van der Waals surface area contributed by atoms with Gasteiger partial charge in [-0.1, -0.05) is 11.9 Å². The maximum atomic E-state index is 13.7. The van der Waals surface area contributed by atoms with E-state index in [4.69, 9.17) is 59.0 Å². The molecule has 6 aromatic heterocycles. The number of nitrogens with one attached hydrogen (secondary N) is 2. The van der Waals surface area contributed by atoms with E-state index < -0.39 is 136 Å². The Morgan fingerprint density at radius 3 is 1.99 bits per heavy atom. The molecule has 0 aromatic carbocycles. The SMILES string of the molecule is CCCOC[C@H]1[C@@H](O)[C@H]([n+]2cn(C)c3c(=O)[nH]c(N)nc32)O[C@@H]1COP(=O)(O)OP(=O)(O)OP(=O)(O)OCC1O[C@@H](n2cnc3c(N)ncnc32)[C@H](OC)[C@@H]1OP(=O)(O)OC[C@H]1O[C@@H](n2cnc3c(=O)[nH]c(N)nc32)[C@H](O)[C@@H]1O. The first-order valence-corrected chi connectivity index (χ1v) is 29.1. The number of anilines is 3. The monoisotopic (exact) mass is 1200 g/mol. The maximum Gasteiger partial charge on any atom is 0.490 e. The van der Waals surface area contributed by atoms with Gasteiger partial charge in [-0.2, -0.15) is 13.6 Å². The van der Waals surface area contributed by atoms with Crippen molar-refractivity contribution >= 4 is 82.5 Å². The van der Waals surface area contributed by atoms with Crippen molar-refractivity contribution in [3.8, 4) is 0 Å². The Morgan fingerprint density at radius 1 is 0.696 bits per heavy atom. The lowest BCUT2D eigenvalue weighted by Gasteiger charge is -2.26. The summed E-state index contributed by atoms with van der Waals surface area (Å²) in [4.78, 5) is 96.7. The zero-order valence-corrected chi connectivity index (χ0v) is 44.6. The molecule has 5 unspecified atom stereocenters. The number of rotatable bonds is 23. The van der Waals surface area contributed by atoms with Crippen molar-refractivity contribution in [2.24, 2.45) is 13.0 Å². The second-order valence-corrected chi connectivity index (χ2v) is 23.8. The normalized spacial score (nSPS) is 29.5. The van der Waals surface area contributed by atoms with E-state index in [0.29, 0.717) is 6.42 Å². The Kier molecular flexibility index (Phi) is 16.8. The van der Waals surface area contributed by atoms with E-state index in [9.17, 15) is 62.7 Å². The average Bonchev–Trinajstić information content (AvgIpc) is 4.43. The van der Waals surface area contributed by atoms with E-state index in [1.54, 1.807) is 6.92 Å². The van der Waals surface area contributed by atoms with Crippen LogP contribution in [-0.2, 0) is 75.7 Å². The van der Waals surface area contributed by atoms with E-state index in [2.05, 4.69) is 48.5 Å². The minimum absolute atomic E-state index is 0.0134. The molecule has 0 spiro atoms. The molecule has 9 rings (SSSR count). The third-order valence-electron chi connectivity index (χ3n) is 12.4. The van der Waals surface area contributed by atoms with Crippen LogP contribution >= 0.6 is 31.3 Å². The van der Waals surface area contributed by atoms with Gasteiger partial charge in [0.1, 0.15) is 54.6 Å². The molecular weight excluding hydrogens is 1150 g/mol. The molecule has 79 heavy (non-hydrogen) atoms. The molecule has 0 saturated carbocycles. The van der Waals surface area contributed by atoms with Crippen LogP contribution in [0.25, 0.3) is 33.5 Å². The predicted molar refractivity (Wildman–Crippen MR) is 258 cm³/mol. The highest BCUT2D eigenvalue weighted by molar-refractivity contribution is 7.66. The second-order valence-electron chi connectivity index (χ2n) is 17.7. The van der Waals surface area contributed by atoms with Gasteiger partial charge in [0.2, 0.25) is 17.7 Å². The number of hydrogen-bond donors (Lipinski definition) is 12. The fourth-order valence-corrected chi connectivity index (χ4v) is 13.4. The zero-order valence-electron chi connectivity index (χ0n) is 41.0. The number of nitrogens with two attached hydrogens (primary N) is 3. The molecule has 434 valence electrons. The molecule has 0 radical (unpaired) electrons. The lowest BCUT2D eigenvalue weighted by Crippen LogP contribution is -2.45. The number of fused-ring (bicyclic) bond motifs is 3. The number of aromatic amines is 2. The molecule has 39 nitrogen and oxygen atoms in total. The summed E-state index contributed by atoms with van der Waals surface area (Å²) in [6.45, 7) is -1.38. The molecule has 0 aliphatic carbocycles. The van der Waals surface area contributed by atoms with Gasteiger partial charge in [-0.25, -0.2) is 42.8 Å². The van der Waals surface area contributed by atoms with Crippen LogP contribution in [0.4, 0.5) is 17.7 Å². The third kappa shape index (κ3) is 12.2. The summed E-state index contributed by atoms with van der Waals surface area (Å²) in [6, 6.07) is 0. The summed E-state index contributed by atoms with van der Waals surface area (Å²) in [6.07, 6.45) is -12.3. The summed E-state index contributed by atoms with van der Waals surface area (Å²) in [5.74, 6) is -1.69. The van der Waals surface area contributed by atoms with E-state index >= 15 is 0 Å². The Balaban J connectivity index is 0.872. The smallest absolute Gasteiger partial charge is 0.387 e. The number of H-pyrrole nitrogens is 2. The molecule has 0 amide bonds. The highest BCUT2D eigenvalue weighted by Crippen LogP contribution is 2.68. The zero-order chi connectivity index (χ0) is 57.1. The number of methoxy groups -OCH3 is 1. The Hall–Kier alpha value is -5.15. The average molecular weight is 1200 g/mol. The molecule has 6 aromatic rings. The molecule has 43 heteroatoms. The molecule has 15 N–H and O–H groups in total. The number of nitrogen functional groups attached to an aromatic ring is 3. The van der Waals surface area contributed by atoms with Crippen LogP contribution in [0.2, 0.25) is 0 Å². The van der Waals surface area contributed by atoms with Crippen molar-refractivity contribution in [1.82, 2.24) is 53.6 Å². The number of nitrogens with zero attached hydrogens (tertiary/aromatic N) is 10. The van der Waals surface area contributed by atoms with Gasteiger partial charge < -0.3 is 75.8 Å². The number of imidazole rings is 3. The first-order chi connectivity index (χ1) is 37.2. The number of phosphoric acid groups is 4. The lowest BCUT2D eigenvalue weighted by molar-refractivity contribution is -0.745. The summed E-state index contributed by atoms with van der Waals surface area (Å²) >= 11 is 0. The van der Waals surface area contributed by atoms with Crippen LogP contribution in [0.3, 0.4) is 0 Å². The number of hydrogen-bond acceptors (Lipinski definition) is 29. The number of aryl methyl sites for hydroxylation is 1. The fraction of sp³-hybridized carbons (Fsp3) is 0.583. The first-order valence-electron chi connectivity index (χ1n) is 23.1. The molecule has 3 aliphatic rings. The minimum atomic E-state index is -6.19. The minimum Gasteiger partial charge on any atom is -0.387 e. The lowest BCUT2D eigenvalue weighted by atomic mass is 9.99. The quantitative estimate of drug-likeness (QED) is 0.0172. The van der Waals surface area contributed by atoms with Crippen LogP contribution in [-0.4, -0.2) is 177 Å².